The summed E-state index contributed by atoms with van der Waals surface area (Å²) in [5.41, 5.74) is 7.53. The van der Waals surface area contributed by atoms with Crippen molar-refractivity contribution in [2.75, 3.05) is 0 Å². The SMILES string of the molecule is Cc1ccc(O)c(C(=O)NCc2ccc(CN)cc2F)c1. The molecule has 2 rings (SSSR count). The lowest BCUT2D eigenvalue weighted by molar-refractivity contribution is 0.0948. The summed E-state index contributed by atoms with van der Waals surface area (Å²) in [6.45, 7) is 2.13. The van der Waals surface area contributed by atoms with E-state index in [0.717, 1.165) is 5.56 Å². The Morgan fingerprint density at radius 1 is 1.29 bits per heavy atom. The Morgan fingerprint density at radius 3 is 2.71 bits per heavy atom. The van der Waals surface area contributed by atoms with Crippen LogP contribution in [0.25, 0.3) is 0 Å². The van der Waals surface area contributed by atoms with E-state index in [1.165, 1.54) is 12.1 Å². The van der Waals surface area contributed by atoms with Crippen LogP contribution < -0.4 is 11.1 Å². The molecule has 110 valence electrons. The number of phenols is 1. The first-order valence-corrected chi connectivity index (χ1v) is 6.56. The molecule has 0 aliphatic rings. The molecule has 0 aliphatic heterocycles. The van der Waals surface area contributed by atoms with Crippen molar-refractivity contribution < 1.29 is 14.3 Å². The number of halogens is 1. The van der Waals surface area contributed by atoms with E-state index in [1.807, 2.05) is 6.92 Å². The fourth-order valence-corrected chi connectivity index (χ4v) is 1.96. The van der Waals surface area contributed by atoms with Crippen LogP contribution in [0.15, 0.2) is 36.4 Å². The van der Waals surface area contributed by atoms with Gasteiger partial charge in [0.2, 0.25) is 0 Å². The van der Waals surface area contributed by atoms with Crippen LogP contribution in [0.4, 0.5) is 4.39 Å². The molecule has 2 aromatic carbocycles. The van der Waals surface area contributed by atoms with E-state index in [1.54, 1.807) is 24.3 Å². The third-order valence-corrected chi connectivity index (χ3v) is 3.19. The zero-order valence-corrected chi connectivity index (χ0v) is 11.7. The van der Waals surface area contributed by atoms with E-state index in [2.05, 4.69) is 5.32 Å². The summed E-state index contributed by atoms with van der Waals surface area (Å²) in [6, 6.07) is 9.41. The van der Waals surface area contributed by atoms with E-state index < -0.39 is 11.7 Å². The average molecular weight is 288 g/mol. The average Bonchev–Trinajstić information content (AvgIpc) is 2.48. The maximum atomic E-state index is 13.8. The first-order valence-electron chi connectivity index (χ1n) is 6.56. The Labute approximate surface area is 122 Å². The van der Waals surface area contributed by atoms with Crippen LogP contribution in [-0.2, 0) is 13.1 Å². The van der Waals surface area contributed by atoms with Gasteiger partial charge >= 0.3 is 0 Å². The Balaban J connectivity index is 2.09. The molecule has 0 radical (unpaired) electrons. The monoisotopic (exact) mass is 288 g/mol. The molecule has 4 nitrogen and oxygen atoms in total. The summed E-state index contributed by atoms with van der Waals surface area (Å²) in [5.74, 6) is -0.956. The van der Waals surface area contributed by atoms with Gasteiger partial charge in [-0.2, -0.15) is 0 Å². The van der Waals surface area contributed by atoms with Gasteiger partial charge in [0.05, 0.1) is 5.56 Å². The van der Waals surface area contributed by atoms with Crippen molar-refractivity contribution in [3.63, 3.8) is 0 Å². The predicted octanol–water partition coefficient (Wildman–Crippen LogP) is 2.23. The summed E-state index contributed by atoms with van der Waals surface area (Å²) in [7, 11) is 0. The smallest absolute Gasteiger partial charge is 0.255 e. The standard InChI is InChI=1S/C16H17FN2O2/c1-10-2-5-15(20)13(6-10)16(21)19-9-12-4-3-11(8-18)7-14(12)17/h2-7,20H,8-9,18H2,1H3,(H,19,21). The van der Waals surface area contributed by atoms with Crippen molar-refractivity contribution in [3.05, 3.63) is 64.5 Å². The molecule has 0 bridgehead atoms. The predicted molar refractivity (Wildman–Crippen MR) is 78.3 cm³/mol. The molecule has 0 saturated heterocycles. The van der Waals surface area contributed by atoms with Crippen LogP contribution in [0.5, 0.6) is 5.75 Å². The van der Waals surface area contributed by atoms with Gasteiger partial charge < -0.3 is 16.2 Å². The number of nitrogens with two attached hydrogens (primary N) is 1. The number of nitrogens with one attached hydrogen (secondary N) is 1. The van der Waals surface area contributed by atoms with Crippen LogP contribution in [0.3, 0.4) is 0 Å². The first-order chi connectivity index (χ1) is 10.0. The van der Waals surface area contributed by atoms with E-state index in [4.69, 9.17) is 5.73 Å². The number of carbonyl (C=O) groups is 1. The van der Waals surface area contributed by atoms with E-state index >= 15 is 0 Å². The Bertz CT molecular complexity index is 671. The van der Waals surface area contributed by atoms with Crippen molar-refractivity contribution >= 4 is 5.91 Å². The van der Waals surface area contributed by atoms with Crippen LogP contribution in [0.2, 0.25) is 0 Å². The van der Waals surface area contributed by atoms with Crippen LogP contribution in [0.1, 0.15) is 27.0 Å². The third kappa shape index (κ3) is 3.58. The van der Waals surface area contributed by atoms with Gasteiger partial charge in [-0.3, -0.25) is 4.79 Å². The van der Waals surface area contributed by atoms with Gasteiger partial charge in [-0.05, 0) is 30.7 Å². The van der Waals surface area contributed by atoms with Gasteiger partial charge in [0.25, 0.3) is 5.91 Å². The van der Waals surface area contributed by atoms with Gasteiger partial charge in [-0.1, -0.05) is 23.8 Å². The molecular weight excluding hydrogens is 271 g/mol. The largest absolute Gasteiger partial charge is 0.507 e. The molecule has 0 fully saturated rings. The lowest BCUT2D eigenvalue weighted by Gasteiger charge is -2.09. The number of aromatic hydroxyl groups is 1. The van der Waals surface area contributed by atoms with Crippen molar-refractivity contribution in [2.45, 2.75) is 20.0 Å². The van der Waals surface area contributed by atoms with Crippen LogP contribution in [-0.4, -0.2) is 11.0 Å². The highest BCUT2D eigenvalue weighted by Crippen LogP contribution is 2.18. The number of phenolic OH excluding ortho intramolecular Hbond substituents is 1. The molecule has 1 amide bonds. The Kier molecular flexibility index (Phi) is 4.55. The molecule has 0 heterocycles. The maximum Gasteiger partial charge on any atom is 0.255 e. The number of benzene rings is 2. The fourth-order valence-electron chi connectivity index (χ4n) is 1.96. The van der Waals surface area contributed by atoms with E-state index in [0.29, 0.717) is 11.1 Å². The number of rotatable bonds is 4. The highest BCUT2D eigenvalue weighted by Gasteiger charge is 2.12. The Morgan fingerprint density at radius 2 is 2.05 bits per heavy atom. The quantitative estimate of drug-likeness (QED) is 0.807. The number of amides is 1. The highest BCUT2D eigenvalue weighted by molar-refractivity contribution is 5.96. The number of hydrogen-bond donors (Lipinski definition) is 3. The zero-order chi connectivity index (χ0) is 15.4. The maximum absolute atomic E-state index is 13.8. The summed E-state index contributed by atoms with van der Waals surface area (Å²) in [4.78, 5) is 12.0. The normalized spacial score (nSPS) is 10.4. The van der Waals surface area contributed by atoms with E-state index in [9.17, 15) is 14.3 Å². The summed E-state index contributed by atoms with van der Waals surface area (Å²) < 4.78 is 13.8. The van der Waals surface area contributed by atoms with Gasteiger partial charge in [0, 0.05) is 18.7 Å². The van der Waals surface area contributed by atoms with Gasteiger partial charge in [0.15, 0.2) is 0 Å². The minimum absolute atomic E-state index is 0.0445. The van der Waals surface area contributed by atoms with Gasteiger partial charge in [-0.25, -0.2) is 4.39 Å². The molecule has 0 unspecified atom stereocenters. The minimum atomic E-state index is -0.446. The molecule has 0 atom stereocenters. The van der Waals surface area contributed by atoms with Gasteiger partial charge in [-0.15, -0.1) is 0 Å². The number of carbonyl (C=O) groups excluding carboxylic acids is 1. The molecule has 5 heteroatoms. The second-order valence-corrected chi connectivity index (χ2v) is 4.83. The van der Waals surface area contributed by atoms with Crippen LogP contribution >= 0.6 is 0 Å². The van der Waals surface area contributed by atoms with E-state index in [-0.39, 0.29) is 24.4 Å². The summed E-state index contributed by atoms with van der Waals surface area (Å²) >= 11 is 0. The van der Waals surface area contributed by atoms with Crippen LogP contribution in [0, 0.1) is 12.7 Å². The number of aryl methyl sites for hydroxylation is 1. The lowest BCUT2D eigenvalue weighted by Crippen LogP contribution is -2.23. The molecule has 0 spiro atoms. The van der Waals surface area contributed by atoms with Crippen molar-refractivity contribution in [1.29, 1.82) is 0 Å². The molecular formula is C16H17FN2O2. The summed E-state index contributed by atoms with van der Waals surface area (Å²) in [6.07, 6.45) is 0. The molecule has 0 aromatic heterocycles. The van der Waals surface area contributed by atoms with Gasteiger partial charge in [0.1, 0.15) is 11.6 Å². The molecule has 4 N–H and O–H groups in total. The third-order valence-electron chi connectivity index (χ3n) is 3.19. The number of hydrogen-bond acceptors (Lipinski definition) is 3. The molecule has 2 aromatic rings. The zero-order valence-electron chi connectivity index (χ0n) is 11.7. The topological polar surface area (TPSA) is 75.3 Å². The van der Waals surface area contributed by atoms with Crippen molar-refractivity contribution in [2.24, 2.45) is 5.73 Å². The molecule has 0 aliphatic carbocycles. The first kappa shape index (κ1) is 15.0. The Hall–Kier alpha value is -2.40. The fraction of sp³-hybridized carbons (Fsp3) is 0.188. The summed E-state index contributed by atoms with van der Waals surface area (Å²) in [5, 5.41) is 12.3. The highest BCUT2D eigenvalue weighted by atomic mass is 19.1. The minimum Gasteiger partial charge on any atom is -0.507 e. The molecule has 21 heavy (non-hydrogen) atoms. The molecule has 0 saturated carbocycles. The lowest BCUT2D eigenvalue weighted by atomic mass is 10.1. The van der Waals surface area contributed by atoms with Crippen molar-refractivity contribution in [3.8, 4) is 5.75 Å². The second-order valence-electron chi connectivity index (χ2n) is 4.83. The second kappa shape index (κ2) is 6.37. The van der Waals surface area contributed by atoms with Crippen molar-refractivity contribution in [1.82, 2.24) is 5.32 Å².